The molecule has 2 N–H and O–H groups in total. The van der Waals surface area contributed by atoms with Crippen LogP contribution >= 0.6 is 0 Å². The van der Waals surface area contributed by atoms with Crippen LogP contribution in [0.25, 0.3) is 0 Å². The Hall–Kier alpha value is -0.860. The lowest BCUT2D eigenvalue weighted by atomic mass is 10.1. The van der Waals surface area contributed by atoms with Gasteiger partial charge < -0.3 is 10.4 Å². The summed E-state index contributed by atoms with van der Waals surface area (Å²) in [5.74, 6) is 0. The van der Waals surface area contributed by atoms with Gasteiger partial charge in [-0.3, -0.25) is 0 Å². The van der Waals surface area contributed by atoms with Gasteiger partial charge in [0.1, 0.15) is 0 Å². The molecule has 0 radical (unpaired) electrons. The average Bonchev–Trinajstić information content (AvgIpc) is 2.25. The zero-order valence-electron chi connectivity index (χ0n) is 9.61. The summed E-state index contributed by atoms with van der Waals surface area (Å²) in [6, 6.07) is 11.0. The smallest absolute Gasteiger partial charge is 0.0636 e. The lowest BCUT2D eigenvalue weighted by Crippen LogP contribution is -2.32. The van der Waals surface area contributed by atoms with E-state index in [1.165, 1.54) is 5.56 Å². The summed E-state index contributed by atoms with van der Waals surface area (Å²) in [6.45, 7) is 4.64. The van der Waals surface area contributed by atoms with Crippen molar-refractivity contribution < 1.29 is 5.11 Å². The Morgan fingerprint density at radius 3 is 2.47 bits per heavy atom. The SMILES string of the molecule is CC(O)CNC(C)CCc1ccccc1. The molecule has 2 nitrogen and oxygen atoms in total. The molecule has 0 aliphatic rings. The molecule has 2 atom stereocenters. The van der Waals surface area contributed by atoms with Gasteiger partial charge in [0.05, 0.1) is 6.10 Å². The van der Waals surface area contributed by atoms with Crippen molar-refractivity contribution in [1.29, 1.82) is 0 Å². The van der Waals surface area contributed by atoms with Gasteiger partial charge in [-0.15, -0.1) is 0 Å². The molecule has 0 aromatic heterocycles. The zero-order valence-corrected chi connectivity index (χ0v) is 9.61. The Kier molecular flexibility index (Phi) is 5.37. The molecule has 0 aliphatic heterocycles. The molecule has 0 heterocycles. The fourth-order valence-corrected chi connectivity index (χ4v) is 1.50. The molecule has 84 valence electrons. The number of rotatable bonds is 6. The average molecular weight is 207 g/mol. The molecule has 2 heteroatoms. The normalized spacial score (nSPS) is 14.9. The first-order valence-electron chi connectivity index (χ1n) is 5.64. The van der Waals surface area contributed by atoms with Gasteiger partial charge in [-0.25, -0.2) is 0 Å². The van der Waals surface area contributed by atoms with E-state index in [-0.39, 0.29) is 6.10 Å². The van der Waals surface area contributed by atoms with E-state index in [0.29, 0.717) is 12.6 Å². The van der Waals surface area contributed by atoms with Crippen LogP contribution in [0, 0.1) is 0 Å². The first-order valence-corrected chi connectivity index (χ1v) is 5.64. The highest BCUT2D eigenvalue weighted by Crippen LogP contribution is 2.04. The predicted molar refractivity (Wildman–Crippen MR) is 63.9 cm³/mol. The van der Waals surface area contributed by atoms with Gasteiger partial charge in [-0.1, -0.05) is 30.3 Å². The Bertz CT molecular complexity index is 258. The monoisotopic (exact) mass is 207 g/mol. The van der Waals surface area contributed by atoms with Crippen LogP contribution in [0.4, 0.5) is 0 Å². The Labute approximate surface area is 92.3 Å². The maximum Gasteiger partial charge on any atom is 0.0636 e. The molecule has 2 unspecified atom stereocenters. The summed E-state index contributed by atoms with van der Waals surface area (Å²) in [5.41, 5.74) is 1.38. The van der Waals surface area contributed by atoms with Gasteiger partial charge in [-0.05, 0) is 32.3 Å². The van der Waals surface area contributed by atoms with Gasteiger partial charge in [0.2, 0.25) is 0 Å². The molecule has 0 amide bonds. The largest absolute Gasteiger partial charge is 0.392 e. The molecular weight excluding hydrogens is 186 g/mol. The van der Waals surface area contributed by atoms with E-state index >= 15 is 0 Å². The molecule has 0 aliphatic carbocycles. The van der Waals surface area contributed by atoms with E-state index in [4.69, 9.17) is 5.11 Å². The summed E-state index contributed by atoms with van der Waals surface area (Å²) in [7, 11) is 0. The van der Waals surface area contributed by atoms with Crippen molar-refractivity contribution in [3.8, 4) is 0 Å². The van der Waals surface area contributed by atoms with Gasteiger partial charge in [0.15, 0.2) is 0 Å². The molecule has 0 saturated heterocycles. The molecule has 0 fully saturated rings. The highest BCUT2D eigenvalue weighted by molar-refractivity contribution is 5.14. The molecule has 1 rings (SSSR count). The van der Waals surface area contributed by atoms with Gasteiger partial charge in [0, 0.05) is 12.6 Å². The summed E-state index contributed by atoms with van der Waals surface area (Å²) in [4.78, 5) is 0. The van der Waals surface area contributed by atoms with E-state index in [1.807, 2.05) is 6.07 Å². The molecule has 0 bridgehead atoms. The van der Waals surface area contributed by atoms with E-state index in [1.54, 1.807) is 6.92 Å². The number of benzene rings is 1. The fourth-order valence-electron chi connectivity index (χ4n) is 1.50. The second-order valence-electron chi connectivity index (χ2n) is 4.18. The number of aliphatic hydroxyl groups is 1. The third kappa shape index (κ3) is 5.55. The van der Waals surface area contributed by atoms with Crippen LogP contribution in [-0.2, 0) is 6.42 Å². The molecule has 0 spiro atoms. The van der Waals surface area contributed by atoms with Crippen molar-refractivity contribution in [1.82, 2.24) is 5.32 Å². The van der Waals surface area contributed by atoms with Crippen LogP contribution in [0.1, 0.15) is 25.8 Å². The minimum Gasteiger partial charge on any atom is -0.392 e. The van der Waals surface area contributed by atoms with Crippen molar-refractivity contribution in [2.45, 2.75) is 38.8 Å². The minimum atomic E-state index is -0.260. The first kappa shape index (κ1) is 12.2. The molecule has 1 aromatic rings. The van der Waals surface area contributed by atoms with Crippen LogP contribution in [0.3, 0.4) is 0 Å². The first-order chi connectivity index (χ1) is 7.18. The lowest BCUT2D eigenvalue weighted by Gasteiger charge is -2.14. The van der Waals surface area contributed by atoms with E-state index < -0.39 is 0 Å². The van der Waals surface area contributed by atoms with Gasteiger partial charge >= 0.3 is 0 Å². The molecule has 1 aromatic carbocycles. The molecule has 15 heavy (non-hydrogen) atoms. The number of aryl methyl sites for hydroxylation is 1. The maximum absolute atomic E-state index is 9.12. The maximum atomic E-state index is 9.12. The highest BCUT2D eigenvalue weighted by Gasteiger charge is 2.03. The predicted octanol–water partition coefficient (Wildman–Crippen LogP) is 1.98. The van der Waals surface area contributed by atoms with Crippen LogP contribution in [-0.4, -0.2) is 23.8 Å². The topological polar surface area (TPSA) is 32.3 Å². The van der Waals surface area contributed by atoms with Crippen molar-refractivity contribution in [2.75, 3.05) is 6.54 Å². The molecular formula is C13H21NO. The second-order valence-corrected chi connectivity index (χ2v) is 4.18. The Morgan fingerprint density at radius 2 is 1.87 bits per heavy atom. The number of nitrogens with one attached hydrogen (secondary N) is 1. The fraction of sp³-hybridized carbons (Fsp3) is 0.538. The van der Waals surface area contributed by atoms with Crippen LogP contribution < -0.4 is 5.32 Å². The Balaban J connectivity index is 2.19. The summed E-state index contributed by atoms with van der Waals surface area (Å²) < 4.78 is 0. The standard InChI is InChI=1S/C13H21NO/c1-11(14-10-12(2)15)8-9-13-6-4-3-5-7-13/h3-7,11-12,14-15H,8-10H2,1-2H3. The van der Waals surface area contributed by atoms with Crippen molar-refractivity contribution in [2.24, 2.45) is 0 Å². The summed E-state index contributed by atoms with van der Waals surface area (Å²) in [6.07, 6.45) is 1.94. The quantitative estimate of drug-likeness (QED) is 0.747. The lowest BCUT2D eigenvalue weighted by molar-refractivity contribution is 0.186. The van der Waals surface area contributed by atoms with Gasteiger partial charge in [0.25, 0.3) is 0 Å². The zero-order chi connectivity index (χ0) is 11.1. The van der Waals surface area contributed by atoms with E-state index in [2.05, 4.69) is 36.5 Å². The highest BCUT2D eigenvalue weighted by atomic mass is 16.3. The summed E-state index contributed by atoms with van der Waals surface area (Å²) in [5, 5.41) is 12.4. The van der Waals surface area contributed by atoms with Crippen molar-refractivity contribution in [3.05, 3.63) is 35.9 Å². The molecule has 0 saturated carbocycles. The van der Waals surface area contributed by atoms with Crippen molar-refractivity contribution >= 4 is 0 Å². The van der Waals surface area contributed by atoms with Gasteiger partial charge in [-0.2, -0.15) is 0 Å². The summed E-state index contributed by atoms with van der Waals surface area (Å²) >= 11 is 0. The number of hydrogen-bond acceptors (Lipinski definition) is 2. The Morgan fingerprint density at radius 1 is 1.20 bits per heavy atom. The number of hydrogen-bond donors (Lipinski definition) is 2. The van der Waals surface area contributed by atoms with Crippen molar-refractivity contribution in [3.63, 3.8) is 0 Å². The van der Waals surface area contributed by atoms with E-state index in [9.17, 15) is 0 Å². The van der Waals surface area contributed by atoms with Crippen LogP contribution in [0.2, 0.25) is 0 Å². The minimum absolute atomic E-state index is 0.260. The number of aliphatic hydroxyl groups excluding tert-OH is 1. The van der Waals surface area contributed by atoms with E-state index in [0.717, 1.165) is 12.8 Å². The second kappa shape index (κ2) is 6.59. The third-order valence-electron chi connectivity index (χ3n) is 2.47. The van der Waals surface area contributed by atoms with Crippen LogP contribution in [0.5, 0.6) is 0 Å². The third-order valence-corrected chi connectivity index (χ3v) is 2.47. The van der Waals surface area contributed by atoms with Crippen LogP contribution in [0.15, 0.2) is 30.3 Å².